The number of hydrogen-bond donors (Lipinski definition) is 0. The minimum Gasteiger partial charge on any atom is -1.00 e. The van der Waals surface area contributed by atoms with Crippen molar-refractivity contribution in [3.63, 3.8) is 0 Å². The van der Waals surface area contributed by atoms with Crippen LogP contribution >= 0.6 is 23.8 Å². The first-order valence-corrected chi connectivity index (χ1v) is 30.6. The molecule has 408 valence electrons. The van der Waals surface area contributed by atoms with Gasteiger partial charge in [-0.3, -0.25) is 43.5 Å². The number of carbonyl (C=O) groups excluding carboxylic acids is 7. The average Bonchev–Trinajstić information content (AvgIpc) is 4.26. The second-order valence-corrected chi connectivity index (χ2v) is 25.4. The summed E-state index contributed by atoms with van der Waals surface area (Å²) in [5, 5.41) is 7.53. The molecule has 0 saturated heterocycles. The van der Waals surface area contributed by atoms with Crippen LogP contribution in [0.5, 0.6) is 0 Å². The number of benzene rings is 9. The van der Waals surface area contributed by atoms with Crippen molar-refractivity contribution in [2.45, 2.75) is 0 Å². The van der Waals surface area contributed by atoms with Crippen molar-refractivity contribution in [1.82, 2.24) is 14.7 Å². The van der Waals surface area contributed by atoms with Gasteiger partial charge in [0, 0.05) is 19.6 Å². The molecule has 81 heavy (non-hydrogen) atoms. The van der Waals surface area contributed by atoms with Crippen molar-refractivity contribution in [1.29, 1.82) is 0 Å². The molecule has 6 amide bonds. The van der Waals surface area contributed by atoms with Crippen molar-refractivity contribution in [3.8, 4) is 0 Å². The van der Waals surface area contributed by atoms with Crippen LogP contribution in [0.15, 0.2) is 255 Å². The number of amides is 6. The number of hydrogen-bond acceptors (Lipinski definition) is 7. The summed E-state index contributed by atoms with van der Waals surface area (Å²) in [6.07, 6.45) is 2.28. The van der Waals surface area contributed by atoms with Gasteiger partial charge in [0.1, 0.15) is 6.79 Å². The summed E-state index contributed by atoms with van der Waals surface area (Å²) in [7, 11) is -1.88. The summed E-state index contributed by atoms with van der Waals surface area (Å²) in [5.74, 6) is -1.07. The molecule has 3 aliphatic rings. The second kappa shape index (κ2) is 28.9. The van der Waals surface area contributed by atoms with Gasteiger partial charge in [-0.1, -0.05) is 218 Å². The third-order valence-corrected chi connectivity index (χ3v) is 21.2. The smallest absolute Gasteiger partial charge is 1.00 e. The van der Waals surface area contributed by atoms with Crippen LogP contribution in [0.2, 0.25) is 0 Å². The maximum absolute atomic E-state index is 12.6. The molecule has 0 radical (unpaired) electrons. The minimum absolute atomic E-state index is 0. The Morgan fingerprint density at radius 1 is 0.247 bits per heavy atom. The Morgan fingerprint density at radius 3 is 0.531 bits per heavy atom. The van der Waals surface area contributed by atoms with Gasteiger partial charge in [0.25, 0.3) is 35.4 Å². The summed E-state index contributed by atoms with van der Waals surface area (Å²) >= 11 is 0. The van der Waals surface area contributed by atoms with Crippen LogP contribution in [-0.4, -0.2) is 95.1 Å². The molecule has 9 aromatic rings. The van der Waals surface area contributed by atoms with Gasteiger partial charge in [-0.05, 0) is 110 Å². The first-order valence-electron chi connectivity index (χ1n) is 26.0. The van der Waals surface area contributed by atoms with E-state index < -0.39 is 23.8 Å². The molecule has 0 atom stereocenters. The molecule has 0 bridgehead atoms. The van der Waals surface area contributed by atoms with Gasteiger partial charge in [0.15, 0.2) is 0 Å². The molecular formula is C67H59N3O7P3Rh. The fraction of sp³-hybridized carbons (Fsp3) is 0.0896. The normalized spacial score (nSPS) is 12.9. The molecule has 10 nitrogen and oxygen atoms in total. The summed E-state index contributed by atoms with van der Waals surface area (Å²) in [4.78, 5) is 87.8. The van der Waals surface area contributed by atoms with Crippen molar-refractivity contribution >= 4 is 97.8 Å². The summed E-state index contributed by atoms with van der Waals surface area (Å²) in [6.45, 7) is 3.30. The zero-order chi connectivity index (χ0) is 55.8. The molecule has 3 heterocycles. The largest absolute Gasteiger partial charge is 3.00 e. The van der Waals surface area contributed by atoms with E-state index in [9.17, 15) is 28.8 Å². The van der Waals surface area contributed by atoms with Crippen LogP contribution in [-0.2, 0) is 24.3 Å². The molecule has 0 N–H and O–H groups in total. The topological polar surface area (TPSA) is 129 Å². The van der Waals surface area contributed by atoms with E-state index in [1.54, 1.807) is 72.8 Å². The van der Waals surface area contributed by atoms with E-state index >= 15 is 0 Å². The number of nitrogens with zero attached hydrogens (tertiary/aromatic N) is 3. The standard InChI is InChI=1S/3C22H18NO2P.CH2O.Rh.3H/c3*24-21-19-13-7-8-14-20(19)22(25)23(21)15-16-26(17-9-3-1-4-10-17)18-11-5-2-6-12-18;1-2;;;;/h3*1-14H,15-16H2;1H2;;;;/q;;;;+3;3*-1. The van der Waals surface area contributed by atoms with Gasteiger partial charge < -0.3 is 9.07 Å². The molecule has 9 aromatic carbocycles. The fourth-order valence-electron chi connectivity index (χ4n) is 9.80. The summed E-state index contributed by atoms with van der Waals surface area (Å²) in [6, 6.07) is 83.2. The van der Waals surface area contributed by atoms with Crippen LogP contribution in [0.1, 0.15) is 66.4 Å². The van der Waals surface area contributed by atoms with E-state index in [1.807, 2.05) is 116 Å². The first-order chi connectivity index (χ1) is 39.3. The summed E-state index contributed by atoms with van der Waals surface area (Å²) in [5.41, 5.74) is 3.09. The number of imide groups is 3. The van der Waals surface area contributed by atoms with Gasteiger partial charge >= 0.3 is 19.5 Å². The number of carbonyl (C=O) groups is 7. The molecule has 0 spiro atoms. The monoisotopic (exact) mass is 1210 g/mol. The quantitative estimate of drug-likeness (QED) is 0.0568. The molecule has 12 rings (SSSR count). The van der Waals surface area contributed by atoms with Crippen LogP contribution in [0.3, 0.4) is 0 Å². The Kier molecular flexibility index (Phi) is 21.1. The molecule has 0 fully saturated rings. The predicted molar refractivity (Wildman–Crippen MR) is 328 cm³/mol. The maximum atomic E-state index is 12.6. The van der Waals surface area contributed by atoms with Gasteiger partial charge in [-0.25, -0.2) is 0 Å². The number of fused-ring (bicyclic) bond motifs is 3. The van der Waals surface area contributed by atoms with Gasteiger partial charge in [0.05, 0.1) is 33.4 Å². The molecular weight excluding hydrogens is 1150 g/mol. The van der Waals surface area contributed by atoms with Crippen LogP contribution < -0.4 is 31.8 Å². The van der Waals surface area contributed by atoms with Crippen molar-refractivity contribution in [2.75, 3.05) is 38.1 Å². The molecule has 3 aliphatic heterocycles. The predicted octanol–water partition coefficient (Wildman–Crippen LogP) is 10.4. The third-order valence-electron chi connectivity index (χ3n) is 13.7. The first kappa shape index (κ1) is 59.1. The average molecular weight is 1210 g/mol. The maximum Gasteiger partial charge on any atom is 3.00 e. The van der Waals surface area contributed by atoms with Crippen LogP contribution in [0.4, 0.5) is 0 Å². The van der Waals surface area contributed by atoms with E-state index in [4.69, 9.17) is 4.79 Å². The van der Waals surface area contributed by atoms with Crippen molar-refractivity contribution < 1.29 is 57.3 Å². The van der Waals surface area contributed by atoms with E-state index in [2.05, 4.69) is 72.8 Å². The second-order valence-electron chi connectivity index (χ2n) is 18.4. The minimum atomic E-state index is -0.627. The third kappa shape index (κ3) is 13.8. The molecule has 0 aliphatic carbocycles. The van der Waals surface area contributed by atoms with Gasteiger partial charge in [-0.15, -0.1) is 0 Å². The van der Waals surface area contributed by atoms with E-state index in [1.165, 1.54) is 46.5 Å². The van der Waals surface area contributed by atoms with Gasteiger partial charge in [-0.2, -0.15) is 0 Å². The Hall–Kier alpha value is -8.02. The zero-order valence-corrected chi connectivity index (χ0v) is 48.4. The SMILES string of the molecule is C=O.O=C1c2ccccc2C(=O)N1CCP(c1ccccc1)c1ccccc1.O=C1c2ccccc2C(=O)N1CCP(c1ccccc1)c1ccccc1.O=C1c2ccccc2C(=O)N1CCP(c1ccccc1)c1ccccc1.[H-].[H-].[H-].[Rh+3]. The number of rotatable bonds is 15. The Bertz CT molecular complexity index is 3020. The Labute approximate surface area is 493 Å². The molecule has 0 saturated carbocycles. The van der Waals surface area contributed by atoms with Crippen molar-refractivity contribution in [3.05, 3.63) is 288 Å². The molecule has 0 aromatic heterocycles. The summed E-state index contributed by atoms with van der Waals surface area (Å²) < 4.78 is 0. The van der Waals surface area contributed by atoms with E-state index in [-0.39, 0.29) is 59.2 Å². The zero-order valence-electron chi connectivity index (χ0n) is 47.1. The molecule has 0 unspecified atom stereocenters. The molecule has 14 heteroatoms. The Balaban J connectivity index is 0.000000222. The van der Waals surface area contributed by atoms with E-state index in [0.29, 0.717) is 53.0 Å². The van der Waals surface area contributed by atoms with Gasteiger partial charge in [0.2, 0.25) is 0 Å². The van der Waals surface area contributed by atoms with Crippen molar-refractivity contribution in [2.24, 2.45) is 0 Å². The van der Waals surface area contributed by atoms with Crippen LogP contribution in [0, 0.1) is 0 Å². The van der Waals surface area contributed by atoms with E-state index in [0.717, 1.165) is 18.5 Å². The Morgan fingerprint density at radius 2 is 0.383 bits per heavy atom. The fourth-order valence-corrected chi connectivity index (χ4v) is 16.6. The van der Waals surface area contributed by atoms with Crippen LogP contribution in [0.25, 0.3) is 0 Å².